The van der Waals surface area contributed by atoms with Gasteiger partial charge in [-0.25, -0.2) is 4.68 Å². The van der Waals surface area contributed by atoms with Crippen LogP contribution in [0.5, 0.6) is 0 Å². The third kappa shape index (κ3) is 3.19. The van der Waals surface area contributed by atoms with Gasteiger partial charge in [-0.15, -0.1) is 11.8 Å². The van der Waals surface area contributed by atoms with Crippen LogP contribution in [0, 0.1) is 6.92 Å². The zero-order chi connectivity index (χ0) is 20.9. The second-order valence-corrected chi connectivity index (χ2v) is 9.12. The molecule has 0 aliphatic carbocycles. The van der Waals surface area contributed by atoms with E-state index in [2.05, 4.69) is 0 Å². The smallest absolute Gasteiger partial charge is 0.288 e. The van der Waals surface area contributed by atoms with E-state index in [1.807, 2.05) is 51.2 Å². The molecule has 29 heavy (non-hydrogen) atoms. The minimum atomic E-state index is -0.475. The normalized spacial score (nSPS) is 19.2. The van der Waals surface area contributed by atoms with E-state index in [4.69, 9.17) is 23.2 Å². The zero-order valence-corrected chi connectivity index (χ0v) is 18.4. The fourth-order valence-corrected chi connectivity index (χ4v) is 5.70. The number of hydrogen-bond acceptors (Lipinski definition) is 3. The lowest BCUT2D eigenvalue weighted by atomic mass is 10.1. The number of nitrogens with zero attached hydrogens (tertiary/aromatic N) is 3. The molecular formula is C21H19Cl2N3O2S. The fraction of sp³-hybridized carbons (Fsp3) is 0.238. The van der Waals surface area contributed by atoms with Gasteiger partial charge in [-0.2, -0.15) is 0 Å². The molecule has 1 aliphatic rings. The summed E-state index contributed by atoms with van der Waals surface area (Å²) in [5.41, 5.74) is 2.16. The number of thioether (sulfide) groups is 1. The lowest BCUT2D eigenvalue weighted by molar-refractivity contribution is -0.117. The van der Waals surface area contributed by atoms with Crippen molar-refractivity contribution in [1.82, 2.24) is 9.36 Å². The van der Waals surface area contributed by atoms with Crippen LogP contribution in [0.15, 0.2) is 53.3 Å². The number of amides is 1. The van der Waals surface area contributed by atoms with Crippen molar-refractivity contribution in [3.05, 3.63) is 80.2 Å². The van der Waals surface area contributed by atoms with Crippen molar-refractivity contribution in [2.45, 2.75) is 24.5 Å². The molecule has 0 N–H and O–H groups in total. The Morgan fingerprint density at radius 2 is 1.59 bits per heavy atom. The second kappa shape index (κ2) is 7.59. The molecule has 0 radical (unpaired) electrons. The summed E-state index contributed by atoms with van der Waals surface area (Å²) in [7, 11) is 1.81. The minimum absolute atomic E-state index is 0.137. The zero-order valence-electron chi connectivity index (χ0n) is 16.1. The molecule has 1 aliphatic heterocycles. The molecule has 5 nitrogen and oxygen atoms in total. The second-order valence-electron chi connectivity index (χ2n) is 6.88. The van der Waals surface area contributed by atoms with Gasteiger partial charge in [-0.1, -0.05) is 47.5 Å². The van der Waals surface area contributed by atoms with Crippen LogP contribution >= 0.6 is 35.0 Å². The molecule has 1 amide bonds. The Kier molecular flexibility index (Phi) is 5.27. The molecule has 8 heteroatoms. The third-order valence-corrected chi connectivity index (χ3v) is 7.14. The van der Waals surface area contributed by atoms with E-state index in [0.717, 1.165) is 5.69 Å². The summed E-state index contributed by atoms with van der Waals surface area (Å²) in [6.07, 6.45) is 0. The summed E-state index contributed by atoms with van der Waals surface area (Å²) in [6, 6.07) is 14.6. The molecular weight excluding hydrogens is 429 g/mol. The highest BCUT2D eigenvalue weighted by Gasteiger charge is 2.44. The Morgan fingerprint density at radius 1 is 0.966 bits per heavy atom. The number of hydrogen-bond donors (Lipinski definition) is 0. The largest absolute Gasteiger partial charge is 0.295 e. The van der Waals surface area contributed by atoms with Crippen molar-refractivity contribution in [3.63, 3.8) is 0 Å². The van der Waals surface area contributed by atoms with Gasteiger partial charge in [0.1, 0.15) is 11.1 Å². The Morgan fingerprint density at radius 3 is 2.21 bits per heavy atom. The predicted molar refractivity (Wildman–Crippen MR) is 119 cm³/mol. The first-order valence-corrected chi connectivity index (χ1v) is 10.8. The van der Waals surface area contributed by atoms with Gasteiger partial charge in [-0.3, -0.25) is 19.2 Å². The van der Waals surface area contributed by atoms with Gasteiger partial charge in [0.05, 0.1) is 16.6 Å². The topological polar surface area (TPSA) is 47.2 Å². The number of anilines is 1. The summed E-state index contributed by atoms with van der Waals surface area (Å²) in [4.78, 5) is 28.2. The Hall–Kier alpha value is -2.15. The monoisotopic (exact) mass is 447 g/mol. The number of rotatable bonds is 3. The van der Waals surface area contributed by atoms with Gasteiger partial charge in [-0.05, 0) is 38.1 Å². The van der Waals surface area contributed by atoms with E-state index < -0.39 is 5.37 Å². The molecule has 0 bridgehead atoms. The van der Waals surface area contributed by atoms with E-state index in [9.17, 15) is 9.59 Å². The molecule has 0 saturated carbocycles. The molecule has 3 aromatic rings. The minimum Gasteiger partial charge on any atom is -0.288 e. The molecule has 1 fully saturated rings. The highest BCUT2D eigenvalue weighted by atomic mass is 35.5. The maximum Gasteiger partial charge on any atom is 0.295 e. The molecule has 2 aromatic carbocycles. The summed E-state index contributed by atoms with van der Waals surface area (Å²) in [5, 5.41) is 0.144. The molecule has 0 spiro atoms. The Bertz CT molecular complexity index is 1140. The average molecular weight is 448 g/mol. The van der Waals surface area contributed by atoms with Gasteiger partial charge < -0.3 is 0 Å². The number of carbonyl (C=O) groups is 1. The number of para-hydroxylation sites is 1. The lowest BCUT2D eigenvalue weighted by Crippen LogP contribution is -2.34. The standard InChI is InChI=1S/C21H19Cl2N3O2S/c1-12-18(20(28)26(24(12)3)14-8-5-4-6-9-14)25-19(27)13(2)29-21(25)17-15(22)10-7-11-16(17)23/h4-11,13,21H,1-3H3/t13-,21+/m0/s1. The van der Waals surface area contributed by atoms with E-state index in [-0.39, 0.29) is 16.7 Å². The van der Waals surface area contributed by atoms with Gasteiger partial charge in [0, 0.05) is 22.7 Å². The van der Waals surface area contributed by atoms with E-state index in [0.29, 0.717) is 27.0 Å². The Labute approximate surface area is 182 Å². The van der Waals surface area contributed by atoms with Crippen molar-refractivity contribution in [3.8, 4) is 5.69 Å². The third-order valence-electron chi connectivity index (χ3n) is 5.16. The van der Waals surface area contributed by atoms with Crippen molar-refractivity contribution in [2.75, 3.05) is 4.90 Å². The summed E-state index contributed by atoms with van der Waals surface area (Å²) < 4.78 is 3.33. The first-order chi connectivity index (χ1) is 13.8. The number of carbonyl (C=O) groups excluding carboxylic acids is 1. The molecule has 1 saturated heterocycles. The molecule has 4 rings (SSSR count). The van der Waals surface area contributed by atoms with Crippen molar-refractivity contribution in [2.24, 2.45) is 7.05 Å². The maximum absolute atomic E-state index is 13.5. The summed E-state index contributed by atoms with van der Waals surface area (Å²) >= 11 is 14.3. The first kappa shape index (κ1) is 20.1. The number of halogens is 2. The van der Waals surface area contributed by atoms with Crippen LogP contribution in [0.2, 0.25) is 10.0 Å². The lowest BCUT2D eigenvalue weighted by Gasteiger charge is -2.24. The van der Waals surface area contributed by atoms with Crippen LogP contribution in [-0.4, -0.2) is 20.5 Å². The molecule has 2 heterocycles. The van der Waals surface area contributed by atoms with Crippen LogP contribution in [-0.2, 0) is 11.8 Å². The van der Waals surface area contributed by atoms with Crippen LogP contribution in [0.1, 0.15) is 23.6 Å². The van der Waals surface area contributed by atoms with Crippen molar-refractivity contribution >= 4 is 46.6 Å². The molecule has 2 atom stereocenters. The summed E-state index contributed by atoms with van der Waals surface area (Å²) in [6.45, 7) is 3.67. The van der Waals surface area contributed by atoms with Gasteiger partial charge in [0.25, 0.3) is 5.56 Å². The van der Waals surface area contributed by atoms with Gasteiger partial charge in [0.15, 0.2) is 0 Å². The average Bonchev–Trinajstić information content (AvgIpc) is 3.09. The molecule has 150 valence electrons. The summed E-state index contributed by atoms with van der Waals surface area (Å²) in [5.74, 6) is -0.137. The van der Waals surface area contributed by atoms with Gasteiger partial charge >= 0.3 is 0 Å². The van der Waals surface area contributed by atoms with Crippen LogP contribution in [0.4, 0.5) is 5.69 Å². The van der Waals surface area contributed by atoms with Crippen molar-refractivity contribution in [1.29, 1.82) is 0 Å². The maximum atomic E-state index is 13.5. The number of aromatic nitrogens is 2. The van der Waals surface area contributed by atoms with Crippen LogP contribution < -0.4 is 10.5 Å². The van der Waals surface area contributed by atoms with E-state index >= 15 is 0 Å². The SMILES string of the molecule is Cc1c(N2C(=O)[C@H](C)S[C@@H]2c2c(Cl)cccc2Cl)c(=O)n(-c2ccccc2)n1C. The predicted octanol–water partition coefficient (Wildman–Crippen LogP) is 4.96. The quantitative estimate of drug-likeness (QED) is 0.569. The van der Waals surface area contributed by atoms with E-state index in [1.165, 1.54) is 11.8 Å². The van der Waals surface area contributed by atoms with Gasteiger partial charge in [0.2, 0.25) is 5.91 Å². The van der Waals surface area contributed by atoms with E-state index in [1.54, 1.807) is 32.5 Å². The fourth-order valence-electron chi connectivity index (χ4n) is 3.63. The van der Waals surface area contributed by atoms with Crippen LogP contribution in [0.25, 0.3) is 5.69 Å². The highest BCUT2D eigenvalue weighted by molar-refractivity contribution is 8.01. The van der Waals surface area contributed by atoms with Crippen molar-refractivity contribution < 1.29 is 4.79 Å². The first-order valence-electron chi connectivity index (χ1n) is 9.09. The Balaban J connectivity index is 1.93. The number of benzene rings is 2. The molecule has 0 unspecified atom stereocenters. The highest BCUT2D eigenvalue weighted by Crippen LogP contribution is 2.49. The van der Waals surface area contributed by atoms with Crippen LogP contribution in [0.3, 0.4) is 0 Å². The molecule has 1 aromatic heterocycles.